The lowest BCUT2D eigenvalue weighted by Crippen LogP contribution is -2.47. The van der Waals surface area contributed by atoms with Gasteiger partial charge in [-0.05, 0) is 42.3 Å². The maximum absolute atomic E-state index is 13.0. The Bertz CT molecular complexity index is 1220. The average molecular weight is 467 g/mol. The number of ketones is 1. The number of sulfonamides is 1. The number of carbonyl (C=O) groups is 2. The standard InChI is InChI=1S/C25H26N2O5S/c1-17(2)23(27-33(30,31)22-14-12-21(32-3)13-15-22)25(29)26-20-11-7-10-19(16-20)24(28)18-8-5-4-6-9-18/h4-17,23,27H,1-3H3,(H,26,29)/t23-/m0/s1. The Morgan fingerprint density at radius 1 is 0.848 bits per heavy atom. The molecule has 0 bridgehead atoms. The summed E-state index contributed by atoms with van der Waals surface area (Å²) in [6.07, 6.45) is 0. The summed E-state index contributed by atoms with van der Waals surface area (Å²) in [4.78, 5) is 25.7. The minimum Gasteiger partial charge on any atom is -0.497 e. The highest BCUT2D eigenvalue weighted by Gasteiger charge is 2.28. The predicted molar refractivity (Wildman–Crippen MR) is 127 cm³/mol. The van der Waals surface area contributed by atoms with Gasteiger partial charge in [0, 0.05) is 16.8 Å². The summed E-state index contributed by atoms with van der Waals surface area (Å²) in [5.74, 6) is -0.497. The van der Waals surface area contributed by atoms with Gasteiger partial charge < -0.3 is 10.1 Å². The highest BCUT2D eigenvalue weighted by Crippen LogP contribution is 2.19. The SMILES string of the molecule is COc1ccc(S(=O)(=O)N[C@H](C(=O)Nc2cccc(C(=O)c3ccccc3)c2)C(C)C)cc1. The van der Waals surface area contributed by atoms with Gasteiger partial charge in [-0.3, -0.25) is 9.59 Å². The van der Waals surface area contributed by atoms with Crippen LogP contribution in [-0.4, -0.2) is 33.3 Å². The molecule has 0 fully saturated rings. The molecule has 2 N–H and O–H groups in total. The summed E-state index contributed by atoms with van der Waals surface area (Å²) >= 11 is 0. The average Bonchev–Trinajstić information content (AvgIpc) is 2.82. The highest BCUT2D eigenvalue weighted by molar-refractivity contribution is 7.89. The molecule has 0 aliphatic carbocycles. The Morgan fingerprint density at radius 3 is 2.09 bits per heavy atom. The first-order valence-corrected chi connectivity index (χ1v) is 11.9. The van der Waals surface area contributed by atoms with Crippen LogP contribution in [0.25, 0.3) is 0 Å². The molecule has 0 unspecified atom stereocenters. The van der Waals surface area contributed by atoms with E-state index in [9.17, 15) is 18.0 Å². The molecule has 0 saturated carbocycles. The van der Waals surface area contributed by atoms with Crippen molar-refractivity contribution in [3.8, 4) is 5.75 Å². The number of nitrogens with one attached hydrogen (secondary N) is 2. The Morgan fingerprint density at radius 2 is 1.48 bits per heavy atom. The lowest BCUT2D eigenvalue weighted by molar-refractivity contribution is -0.118. The van der Waals surface area contributed by atoms with E-state index in [1.165, 1.54) is 31.4 Å². The Labute approximate surface area is 193 Å². The van der Waals surface area contributed by atoms with Gasteiger partial charge in [0.05, 0.1) is 12.0 Å². The number of methoxy groups -OCH3 is 1. The van der Waals surface area contributed by atoms with Crippen LogP contribution in [0, 0.1) is 5.92 Å². The number of rotatable bonds is 9. The van der Waals surface area contributed by atoms with Crippen molar-refractivity contribution < 1.29 is 22.7 Å². The molecule has 3 aromatic rings. The normalized spacial score (nSPS) is 12.2. The summed E-state index contributed by atoms with van der Waals surface area (Å²) < 4.78 is 33.2. The van der Waals surface area contributed by atoms with E-state index in [1.54, 1.807) is 62.4 Å². The lowest BCUT2D eigenvalue weighted by atomic mass is 10.0. The van der Waals surface area contributed by atoms with E-state index in [-0.39, 0.29) is 16.6 Å². The number of ether oxygens (including phenoxy) is 1. The van der Waals surface area contributed by atoms with Gasteiger partial charge in [-0.2, -0.15) is 4.72 Å². The van der Waals surface area contributed by atoms with E-state index in [4.69, 9.17) is 4.74 Å². The number of carbonyl (C=O) groups excluding carboxylic acids is 2. The monoisotopic (exact) mass is 466 g/mol. The summed E-state index contributed by atoms with van der Waals surface area (Å²) in [5.41, 5.74) is 1.35. The molecule has 3 aromatic carbocycles. The van der Waals surface area contributed by atoms with Gasteiger partial charge in [0.1, 0.15) is 11.8 Å². The molecule has 0 aromatic heterocycles. The van der Waals surface area contributed by atoms with Crippen molar-refractivity contribution in [2.24, 2.45) is 5.92 Å². The van der Waals surface area contributed by atoms with Crippen LogP contribution >= 0.6 is 0 Å². The predicted octanol–water partition coefficient (Wildman–Crippen LogP) is 3.87. The van der Waals surface area contributed by atoms with Gasteiger partial charge in [-0.15, -0.1) is 0 Å². The van der Waals surface area contributed by atoms with E-state index >= 15 is 0 Å². The van der Waals surface area contributed by atoms with Crippen LogP contribution < -0.4 is 14.8 Å². The van der Waals surface area contributed by atoms with Gasteiger partial charge in [0.15, 0.2) is 5.78 Å². The minimum absolute atomic E-state index is 0.0252. The Kier molecular flexibility index (Phi) is 7.63. The van der Waals surface area contributed by atoms with Gasteiger partial charge in [-0.1, -0.05) is 56.3 Å². The van der Waals surface area contributed by atoms with Crippen LogP contribution in [0.15, 0.2) is 83.8 Å². The van der Waals surface area contributed by atoms with E-state index in [0.717, 1.165) is 0 Å². The third kappa shape index (κ3) is 6.06. The van der Waals surface area contributed by atoms with E-state index in [0.29, 0.717) is 22.6 Å². The first-order chi connectivity index (χ1) is 15.7. The number of benzene rings is 3. The molecule has 0 spiro atoms. The van der Waals surface area contributed by atoms with Crippen LogP contribution in [-0.2, 0) is 14.8 Å². The first kappa shape index (κ1) is 24.2. The summed E-state index contributed by atoms with van der Waals surface area (Å²) in [6, 6.07) is 20.2. The molecular formula is C25H26N2O5S. The second kappa shape index (κ2) is 10.4. The van der Waals surface area contributed by atoms with Crippen molar-refractivity contribution in [2.75, 3.05) is 12.4 Å². The van der Waals surface area contributed by atoms with E-state index < -0.39 is 22.0 Å². The molecule has 0 radical (unpaired) electrons. The zero-order chi connectivity index (χ0) is 24.0. The number of amides is 1. The fourth-order valence-electron chi connectivity index (χ4n) is 3.20. The smallest absolute Gasteiger partial charge is 0.242 e. The third-order valence-electron chi connectivity index (χ3n) is 5.03. The first-order valence-electron chi connectivity index (χ1n) is 10.4. The Hall–Kier alpha value is -3.49. The van der Waals surface area contributed by atoms with Crippen molar-refractivity contribution >= 4 is 27.4 Å². The van der Waals surface area contributed by atoms with Gasteiger partial charge in [0.25, 0.3) is 0 Å². The van der Waals surface area contributed by atoms with Gasteiger partial charge >= 0.3 is 0 Å². The quantitative estimate of drug-likeness (QED) is 0.466. The molecule has 8 heteroatoms. The van der Waals surface area contributed by atoms with Crippen molar-refractivity contribution in [1.82, 2.24) is 4.72 Å². The molecule has 0 aliphatic rings. The zero-order valence-corrected chi connectivity index (χ0v) is 19.4. The Balaban J connectivity index is 1.77. The molecule has 7 nitrogen and oxygen atoms in total. The largest absolute Gasteiger partial charge is 0.497 e. The van der Waals surface area contributed by atoms with Crippen molar-refractivity contribution in [3.05, 3.63) is 90.0 Å². The molecule has 172 valence electrons. The van der Waals surface area contributed by atoms with Gasteiger partial charge in [0.2, 0.25) is 15.9 Å². The van der Waals surface area contributed by atoms with Crippen molar-refractivity contribution in [3.63, 3.8) is 0 Å². The second-order valence-corrected chi connectivity index (χ2v) is 9.50. The van der Waals surface area contributed by atoms with Gasteiger partial charge in [-0.25, -0.2) is 8.42 Å². The fourth-order valence-corrected chi connectivity index (χ4v) is 4.54. The number of hydrogen-bond acceptors (Lipinski definition) is 5. The maximum Gasteiger partial charge on any atom is 0.242 e. The van der Waals surface area contributed by atoms with E-state index in [1.807, 2.05) is 6.07 Å². The van der Waals surface area contributed by atoms with Crippen molar-refractivity contribution in [1.29, 1.82) is 0 Å². The molecule has 1 atom stereocenters. The van der Waals surface area contributed by atoms with Crippen LogP contribution in [0.5, 0.6) is 5.75 Å². The van der Waals surface area contributed by atoms with Crippen molar-refractivity contribution in [2.45, 2.75) is 24.8 Å². The molecule has 0 saturated heterocycles. The zero-order valence-electron chi connectivity index (χ0n) is 18.6. The highest BCUT2D eigenvalue weighted by atomic mass is 32.2. The summed E-state index contributed by atoms with van der Waals surface area (Å²) in [6.45, 7) is 3.49. The minimum atomic E-state index is -3.94. The fraction of sp³-hybridized carbons (Fsp3) is 0.200. The lowest BCUT2D eigenvalue weighted by Gasteiger charge is -2.22. The van der Waals surface area contributed by atoms with Crippen LogP contribution in [0.2, 0.25) is 0 Å². The number of anilines is 1. The number of hydrogen-bond donors (Lipinski definition) is 2. The summed E-state index contributed by atoms with van der Waals surface area (Å²) in [5, 5.41) is 2.72. The second-order valence-electron chi connectivity index (χ2n) is 7.78. The third-order valence-corrected chi connectivity index (χ3v) is 6.49. The maximum atomic E-state index is 13.0. The molecular weight excluding hydrogens is 440 g/mol. The molecule has 33 heavy (non-hydrogen) atoms. The topological polar surface area (TPSA) is 102 Å². The molecule has 1 amide bonds. The van der Waals surface area contributed by atoms with E-state index in [2.05, 4.69) is 10.0 Å². The molecule has 0 heterocycles. The molecule has 3 rings (SSSR count). The van der Waals surface area contributed by atoms with Crippen LogP contribution in [0.3, 0.4) is 0 Å². The summed E-state index contributed by atoms with van der Waals surface area (Å²) in [7, 11) is -2.46. The van der Waals surface area contributed by atoms with Crippen LogP contribution in [0.1, 0.15) is 29.8 Å². The molecule has 0 aliphatic heterocycles. The van der Waals surface area contributed by atoms with Crippen LogP contribution in [0.4, 0.5) is 5.69 Å².